The molecule has 0 fully saturated rings. The van der Waals surface area contributed by atoms with Crippen LogP contribution >= 0.6 is 12.4 Å². The van der Waals surface area contributed by atoms with Crippen molar-refractivity contribution >= 4 is 18.4 Å². The lowest BCUT2D eigenvalue weighted by Gasteiger charge is -2.06. The summed E-state index contributed by atoms with van der Waals surface area (Å²) in [5, 5.41) is 0. The van der Waals surface area contributed by atoms with Crippen molar-refractivity contribution in [3.05, 3.63) is 12.7 Å². The summed E-state index contributed by atoms with van der Waals surface area (Å²) in [5.41, 5.74) is 5.37. The largest absolute Gasteiger partial charge is 0.465 e. The first-order chi connectivity index (χ1) is 4.72. The van der Waals surface area contributed by atoms with Crippen LogP contribution in [0.5, 0.6) is 0 Å². The van der Waals surface area contributed by atoms with Crippen molar-refractivity contribution in [2.24, 2.45) is 5.73 Å². The summed E-state index contributed by atoms with van der Waals surface area (Å²) < 4.78 is 4.64. The van der Waals surface area contributed by atoms with E-state index in [1.165, 1.54) is 0 Å². The van der Waals surface area contributed by atoms with Crippen LogP contribution in [0.25, 0.3) is 0 Å². The van der Waals surface area contributed by atoms with Gasteiger partial charge < -0.3 is 10.5 Å². The molecule has 2 N–H and O–H groups in total. The van der Waals surface area contributed by atoms with Crippen molar-refractivity contribution in [2.45, 2.75) is 19.4 Å². The van der Waals surface area contributed by atoms with E-state index in [1.807, 2.05) is 0 Å². The molecule has 0 unspecified atom stereocenters. The molecule has 0 radical (unpaired) electrons. The van der Waals surface area contributed by atoms with Gasteiger partial charge in [0, 0.05) is 0 Å². The lowest BCUT2D eigenvalue weighted by atomic mass is 10.2. The molecule has 0 rings (SSSR count). The second kappa shape index (κ2) is 7.57. The summed E-state index contributed by atoms with van der Waals surface area (Å²) in [6, 6.07) is -0.544. The Morgan fingerprint density at radius 2 is 2.36 bits per heavy atom. The van der Waals surface area contributed by atoms with Gasteiger partial charge in [-0.1, -0.05) is 6.08 Å². The van der Waals surface area contributed by atoms with Gasteiger partial charge in [-0.15, -0.1) is 19.0 Å². The van der Waals surface area contributed by atoms with E-state index in [2.05, 4.69) is 11.3 Å². The fourth-order valence-electron chi connectivity index (χ4n) is 0.525. The van der Waals surface area contributed by atoms with Crippen LogP contribution in [0.2, 0.25) is 0 Å². The molecule has 3 nitrogen and oxygen atoms in total. The highest BCUT2D eigenvalue weighted by molar-refractivity contribution is 5.85. The van der Waals surface area contributed by atoms with Crippen molar-refractivity contribution < 1.29 is 9.53 Å². The fourth-order valence-corrected chi connectivity index (χ4v) is 0.525. The highest BCUT2D eigenvalue weighted by atomic mass is 35.5. The quantitative estimate of drug-likeness (QED) is 0.515. The second-order valence-electron chi connectivity index (χ2n) is 1.88. The number of hydrogen-bond acceptors (Lipinski definition) is 3. The van der Waals surface area contributed by atoms with E-state index in [0.717, 1.165) is 0 Å². The van der Waals surface area contributed by atoms with Gasteiger partial charge in [-0.2, -0.15) is 0 Å². The Kier molecular flexibility index (Phi) is 9.00. The van der Waals surface area contributed by atoms with Gasteiger partial charge in [0.1, 0.15) is 6.04 Å². The van der Waals surface area contributed by atoms with Gasteiger partial charge in [0.2, 0.25) is 0 Å². The lowest BCUT2D eigenvalue weighted by molar-refractivity contribution is -0.144. The maximum atomic E-state index is 10.7. The molecule has 0 aromatic carbocycles. The molecule has 0 aliphatic heterocycles. The Hall–Kier alpha value is -0.540. The molecule has 1 atom stereocenters. The minimum atomic E-state index is -0.544. The van der Waals surface area contributed by atoms with Crippen LogP contribution in [-0.2, 0) is 9.53 Å². The average Bonchev–Trinajstić information content (AvgIpc) is 1.89. The van der Waals surface area contributed by atoms with Crippen molar-refractivity contribution in [3.63, 3.8) is 0 Å². The Bertz CT molecular complexity index is 128. The highest BCUT2D eigenvalue weighted by Crippen LogP contribution is 1.91. The first-order valence-electron chi connectivity index (χ1n) is 3.25. The zero-order valence-electron chi connectivity index (χ0n) is 6.58. The molecule has 4 heteroatoms. The Morgan fingerprint density at radius 3 is 2.73 bits per heavy atom. The first-order valence-corrected chi connectivity index (χ1v) is 3.25. The fraction of sp³-hybridized carbons (Fsp3) is 0.571. The van der Waals surface area contributed by atoms with E-state index < -0.39 is 6.04 Å². The Labute approximate surface area is 73.0 Å². The van der Waals surface area contributed by atoms with Crippen LogP contribution in [0.15, 0.2) is 12.7 Å². The summed E-state index contributed by atoms with van der Waals surface area (Å²) in [4.78, 5) is 10.7. The van der Waals surface area contributed by atoms with Crippen molar-refractivity contribution in [2.75, 3.05) is 6.61 Å². The van der Waals surface area contributed by atoms with E-state index in [-0.39, 0.29) is 18.4 Å². The standard InChI is InChI=1S/C7H13NO2.ClH/c1-3-5-6(8)7(9)10-4-2;/h3,6H,1,4-5,8H2,2H3;1H/t6-;/m0./s1. The number of halogens is 1. The summed E-state index contributed by atoms with van der Waals surface area (Å²) in [5.74, 6) is -0.359. The van der Waals surface area contributed by atoms with Gasteiger partial charge >= 0.3 is 5.97 Å². The molecule has 0 heterocycles. The summed E-state index contributed by atoms with van der Waals surface area (Å²) in [6.45, 7) is 5.58. The number of nitrogens with two attached hydrogens (primary N) is 1. The molecule has 0 aromatic rings. The summed E-state index contributed by atoms with van der Waals surface area (Å²) in [6.07, 6.45) is 2.07. The third-order valence-corrected chi connectivity index (χ3v) is 1.01. The smallest absolute Gasteiger partial charge is 0.323 e. The normalized spacial score (nSPS) is 11.1. The van der Waals surface area contributed by atoms with Gasteiger partial charge in [0.25, 0.3) is 0 Å². The van der Waals surface area contributed by atoms with Crippen molar-refractivity contribution in [3.8, 4) is 0 Å². The van der Waals surface area contributed by atoms with Gasteiger partial charge in [-0.3, -0.25) is 4.79 Å². The number of ether oxygens (including phenoxy) is 1. The van der Waals surface area contributed by atoms with E-state index in [0.29, 0.717) is 13.0 Å². The molecule has 0 aliphatic rings. The van der Waals surface area contributed by atoms with Crippen LogP contribution in [0.3, 0.4) is 0 Å². The SMILES string of the molecule is C=CC[C@H](N)C(=O)OCC.Cl. The predicted molar refractivity (Wildman–Crippen MR) is 46.7 cm³/mol. The number of hydrogen-bond donors (Lipinski definition) is 1. The molecule has 11 heavy (non-hydrogen) atoms. The maximum absolute atomic E-state index is 10.7. The highest BCUT2D eigenvalue weighted by Gasteiger charge is 2.11. The van der Waals surface area contributed by atoms with E-state index in [9.17, 15) is 4.79 Å². The zero-order chi connectivity index (χ0) is 7.98. The Balaban J connectivity index is 0. The van der Waals surface area contributed by atoms with Crippen LogP contribution in [0.4, 0.5) is 0 Å². The third kappa shape index (κ3) is 5.88. The van der Waals surface area contributed by atoms with E-state index in [4.69, 9.17) is 5.73 Å². The number of carbonyl (C=O) groups is 1. The molecule has 0 saturated carbocycles. The number of esters is 1. The molecule has 0 amide bonds. The molecule has 66 valence electrons. The molecular weight excluding hydrogens is 166 g/mol. The van der Waals surface area contributed by atoms with Crippen LogP contribution in [0, 0.1) is 0 Å². The first kappa shape index (κ1) is 13.1. The lowest BCUT2D eigenvalue weighted by Crippen LogP contribution is -2.31. The Morgan fingerprint density at radius 1 is 1.82 bits per heavy atom. The molecule has 0 spiro atoms. The second-order valence-corrected chi connectivity index (χ2v) is 1.88. The van der Waals surface area contributed by atoms with Crippen molar-refractivity contribution in [1.82, 2.24) is 0 Å². The van der Waals surface area contributed by atoms with Crippen LogP contribution in [-0.4, -0.2) is 18.6 Å². The number of rotatable bonds is 4. The molecule has 0 aromatic heterocycles. The van der Waals surface area contributed by atoms with Crippen LogP contribution in [0.1, 0.15) is 13.3 Å². The minimum absolute atomic E-state index is 0. The van der Waals surface area contributed by atoms with E-state index >= 15 is 0 Å². The maximum Gasteiger partial charge on any atom is 0.323 e. The van der Waals surface area contributed by atoms with Gasteiger partial charge in [0.15, 0.2) is 0 Å². The van der Waals surface area contributed by atoms with Crippen LogP contribution < -0.4 is 5.73 Å². The predicted octanol–water partition coefficient (Wildman–Crippen LogP) is 0.875. The molecule has 0 bridgehead atoms. The molecule has 0 saturated heterocycles. The minimum Gasteiger partial charge on any atom is -0.465 e. The molecule has 0 aliphatic carbocycles. The summed E-state index contributed by atoms with van der Waals surface area (Å²) in [7, 11) is 0. The zero-order valence-corrected chi connectivity index (χ0v) is 7.39. The average molecular weight is 180 g/mol. The summed E-state index contributed by atoms with van der Waals surface area (Å²) >= 11 is 0. The topological polar surface area (TPSA) is 52.3 Å². The third-order valence-electron chi connectivity index (χ3n) is 1.01. The van der Waals surface area contributed by atoms with Gasteiger partial charge in [-0.25, -0.2) is 0 Å². The van der Waals surface area contributed by atoms with E-state index in [1.54, 1.807) is 13.0 Å². The molecular formula is C7H14ClNO2. The van der Waals surface area contributed by atoms with Crippen molar-refractivity contribution in [1.29, 1.82) is 0 Å². The number of carbonyl (C=O) groups excluding carboxylic acids is 1. The monoisotopic (exact) mass is 179 g/mol. The van der Waals surface area contributed by atoms with Gasteiger partial charge in [-0.05, 0) is 13.3 Å². The van der Waals surface area contributed by atoms with Gasteiger partial charge in [0.05, 0.1) is 6.61 Å².